The first-order valence-corrected chi connectivity index (χ1v) is 9.30. The number of rotatable bonds is 6. The largest absolute Gasteiger partial charge is 0.378 e. The third kappa shape index (κ3) is 3.97. The molecule has 2 heterocycles. The van der Waals surface area contributed by atoms with Gasteiger partial charge in [0, 0.05) is 25.5 Å². The Hall–Kier alpha value is -1.73. The fourth-order valence-corrected chi connectivity index (χ4v) is 4.19. The molecule has 3 rings (SSSR count). The molecular weight excluding hydrogens is 319 g/mol. The van der Waals surface area contributed by atoms with E-state index in [2.05, 4.69) is 4.98 Å². The molecule has 1 aromatic heterocycles. The summed E-state index contributed by atoms with van der Waals surface area (Å²) >= 11 is 0. The maximum atomic E-state index is 13.0. The Labute approximate surface area is 135 Å². The van der Waals surface area contributed by atoms with E-state index in [9.17, 15) is 12.8 Å². The van der Waals surface area contributed by atoms with Gasteiger partial charge in [0.05, 0.1) is 11.9 Å². The van der Waals surface area contributed by atoms with E-state index in [0.29, 0.717) is 19.6 Å². The number of aromatic nitrogens is 2. The van der Waals surface area contributed by atoms with Crippen LogP contribution in [0.2, 0.25) is 0 Å². The molecule has 0 bridgehead atoms. The summed E-state index contributed by atoms with van der Waals surface area (Å²) in [6.45, 7) is 1.05. The predicted octanol–water partition coefficient (Wildman–Crippen LogP) is 2.41. The van der Waals surface area contributed by atoms with Gasteiger partial charge in [-0.3, -0.25) is 0 Å². The summed E-state index contributed by atoms with van der Waals surface area (Å²) in [4.78, 5) is 4.01. The zero-order valence-electron chi connectivity index (χ0n) is 12.7. The van der Waals surface area contributed by atoms with Crippen molar-refractivity contribution >= 4 is 9.84 Å². The van der Waals surface area contributed by atoms with Crippen LogP contribution in [0, 0.1) is 5.82 Å². The van der Waals surface area contributed by atoms with Crippen LogP contribution in [0.15, 0.2) is 41.8 Å². The van der Waals surface area contributed by atoms with Crippen LogP contribution in [-0.4, -0.2) is 36.4 Å². The first kappa shape index (κ1) is 16.1. The fraction of sp³-hybridized carbons (Fsp3) is 0.438. The summed E-state index contributed by atoms with van der Waals surface area (Å²) in [6, 6.07) is 5.99. The van der Waals surface area contributed by atoms with E-state index >= 15 is 0 Å². The lowest BCUT2D eigenvalue weighted by atomic mass is 10.2. The van der Waals surface area contributed by atoms with Crippen LogP contribution >= 0.6 is 0 Å². The van der Waals surface area contributed by atoms with Gasteiger partial charge < -0.3 is 9.30 Å². The number of imidazole rings is 1. The summed E-state index contributed by atoms with van der Waals surface area (Å²) in [6.07, 6.45) is 5.53. The molecule has 0 amide bonds. The molecule has 124 valence electrons. The van der Waals surface area contributed by atoms with Crippen molar-refractivity contribution in [1.29, 1.82) is 0 Å². The SMILES string of the molecule is O=S(=O)(CCC1CCCO1)c1nccn1Cc1ccc(F)cc1. The molecule has 0 saturated carbocycles. The number of hydrogen-bond acceptors (Lipinski definition) is 4. The Morgan fingerprint density at radius 2 is 2.09 bits per heavy atom. The summed E-state index contributed by atoms with van der Waals surface area (Å²) in [5.74, 6) is -0.290. The van der Waals surface area contributed by atoms with Crippen LogP contribution in [0.1, 0.15) is 24.8 Å². The van der Waals surface area contributed by atoms with Crippen molar-refractivity contribution in [1.82, 2.24) is 9.55 Å². The molecule has 5 nitrogen and oxygen atoms in total. The smallest absolute Gasteiger partial charge is 0.227 e. The minimum absolute atomic E-state index is 0.0259. The lowest BCUT2D eigenvalue weighted by Gasteiger charge is -2.11. The molecule has 0 spiro atoms. The normalized spacial score (nSPS) is 18.4. The second kappa shape index (κ2) is 6.80. The average Bonchev–Trinajstić information content (AvgIpc) is 3.19. The molecule has 0 N–H and O–H groups in total. The zero-order chi connectivity index (χ0) is 16.3. The monoisotopic (exact) mass is 338 g/mol. The topological polar surface area (TPSA) is 61.2 Å². The highest BCUT2D eigenvalue weighted by molar-refractivity contribution is 7.91. The quantitative estimate of drug-likeness (QED) is 0.811. The van der Waals surface area contributed by atoms with Crippen molar-refractivity contribution < 1.29 is 17.5 Å². The first-order chi connectivity index (χ1) is 11.0. The van der Waals surface area contributed by atoms with Gasteiger partial charge in [0.2, 0.25) is 15.0 Å². The number of ether oxygens (including phenoxy) is 1. The molecule has 1 saturated heterocycles. The Morgan fingerprint density at radius 3 is 2.78 bits per heavy atom. The van der Waals surface area contributed by atoms with Crippen LogP contribution in [0.25, 0.3) is 0 Å². The number of nitrogens with zero attached hydrogens (tertiary/aromatic N) is 2. The van der Waals surface area contributed by atoms with E-state index in [1.165, 1.54) is 18.3 Å². The Morgan fingerprint density at radius 1 is 1.30 bits per heavy atom. The van der Waals surface area contributed by atoms with E-state index in [-0.39, 0.29) is 22.8 Å². The number of halogens is 1. The van der Waals surface area contributed by atoms with Gasteiger partial charge >= 0.3 is 0 Å². The molecular formula is C16H19FN2O3S. The van der Waals surface area contributed by atoms with Crippen molar-refractivity contribution in [2.75, 3.05) is 12.4 Å². The maximum absolute atomic E-state index is 13.0. The molecule has 1 fully saturated rings. The van der Waals surface area contributed by atoms with Gasteiger partial charge in [0.25, 0.3) is 0 Å². The summed E-state index contributed by atoms with van der Waals surface area (Å²) in [7, 11) is -3.47. The van der Waals surface area contributed by atoms with Crippen molar-refractivity contribution in [3.05, 3.63) is 48.0 Å². The van der Waals surface area contributed by atoms with Crippen molar-refractivity contribution in [2.24, 2.45) is 0 Å². The van der Waals surface area contributed by atoms with Crippen LogP contribution in [0.5, 0.6) is 0 Å². The van der Waals surface area contributed by atoms with Crippen LogP contribution < -0.4 is 0 Å². The van der Waals surface area contributed by atoms with Gasteiger partial charge in [-0.1, -0.05) is 12.1 Å². The van der Waals surface area contributed by atoms with Gasteiger partial charge in [-0.2, -0.15) is 0 Å². The van der Waals surface area contributed by atoms with E-state index in [4.69, 9.17) is 4.74 Å². The summed E-state index contributed by atoms with van der Waals surface area (Å²) < 4.78 is 45.0. The Balaban J connectivity index is 1.72. The number of benzene rings is 1. The molecule has 1 unspecified atom stereocenters. The predicted molar refractivity (Wildman–Crippen MR) is 83.4 cm³/mol. The number of hydrogen-bond donors (Lipinski definition) is 0. The van der Waals surface area contributed by atoms with Crippen LogP contribution in [0.3, 0.4) is 0 Å². The lowest BCUT2D eigenvalue weighted by molar-refractivity contribution is 0.109. The summed E-state index contributed by atoms with van der Waals surface area (Å²) in [5.41, 5.74) is 0.819. The molecule has 1 aliphatic rings. The highest BCUT2D eigenvalue weighted by Gasteiger charge is 2.24. The molecule has 1 aliphatic heterocycles. The third-order valence-corrected chi connectivity index (χ3v) is 5.62. The fourth-order valence-electron chi connectivity index (χ4n) is 2.73. The Kier molecular flexibility index (Phi) is 4.77. The van der Waals surface area contributed by atoms with Gasteiger partial charge in [-0.15, -0.1) is 0 Å². The minimum atomic E-state index is -3.47. The van der Waals surface area contributed by atoms with Crippen molar-refractivity contribution in [3.8, 4) is 0 Å². The first-order valence-electron chi connectivity index (χ1n) is 7.64. The highest BCUT2D eigenvalue weighted by atomic mass is 32.2. The third-order valence-electron chi connectivity index (χ3n) is 3.95. The van der Waals surface area contributed by atoms with Gasteiger partial charge in [0.1, 0.15) is 5.82 Å². The maximum Gasteiger partial charge on any atom is 0.227 e. The van der Waals surface area contributed by atoms with Crippen LogP contribution in [0.4, 0.5) is 4.39 Å². The van der Waals surface area contributed by atoms with Crippen LogP contribution in [-0.2, 0) is 21.1 Å². The molecule has 23 heavy (non-hydrogen) atoms. The van der Waals surface area contributed by atoms with E-state index in [1.54, 1.807) is 22.9 Å². The molecule has 7 heteroatoms. The zero-order valence-corrected chi connectivity index (χ0v) is 13.5. The highest BCUT2D eigenvalue weighted by Crippen LogP contribution is 2.19. The van der Waals surface area contributed by atoms with Gasteiger partial charge in [0.15, 0.2) is 0 Å². The molecule has 0 radical (unpaired) electrons. The molecule has 1 atom stereocenters. The molecule has 2 aromatic rings. The lowest BCUT2D eigenvalue weighted by Crippen LogP contribution is -2.18. The molecule has 1 aromatic carbocycles. The average molecular weight is 338 g/mol. The van der Waals surface area contributed by atoms with Crippen molar-refractivity contribution in [3.63, 3.8) is 0 Å². The Bertz CT molecular complexity index is 750. The standard InChI is InChI=1S/C16H19FN2O3S/c17-14-5-3-13(4-6-14)12-19-9-8-18-16(19)23(20,21)11-7-15-2-1-10-22-15/h3-6,8-9,15H,1-2,7,10-12H2. The summed E-state index contributed by atoms with van der Waals surface area (Å²) in [5, 5.41) is 0.0554. The van der Waals surface area contributed by atoms with E-state index in [0.717, 1.165) is 18.4 Å². The minimum Gasteiger partial charge on any atom is -0.378 e. The van der Waals surface area contributed by atoms with Gasteiger partial charge in [-0.05, 0) is 37.0 Å². The number of sulfone groups is 1. The van der Waals surface area contributed by atoms with Gasteiger partial charge in [-0.25, -0.2) is 17.8 Å². The second-order valence-corrected chi connectivity index (χ2v) is 7.71. The van der Waals surface area contributed by atoms with Crippen molar-refractivity contribution in [2.45, 2.75) is 37.1 Å². The molecule has 0 aliphatic carbocycles. The van der Waals surface area contributed by atoms with E-state index in [1.807, 2.05) is 0 Å². The second-order valence-electron chi connectivity index (χ2n) is 5.71. The van der Waals surface area contributed by atoms with E-state index < -0.39 is 9.84 Å².